The zero-order valence-corrected chi connectivity index (χ0v) is 10.8. The highest BCUT2D eigenvalue weighted by Crippen LogP contribution is 2.28. The summed E-state index contributed by atoms with van der Waals surface area (Å²) in [5.74, 6) is 0.968. The van der Waals surface area contributed by atoms with Gasteiger partial charge in [0, 0.05) is 33.8 Å². The van der Waals surface area contributed by atoms with Crippen LogP contribution in [0.5, 0.6) is 0 Å². The van der Waals surface area contributed by atoms with Crippen LogP contribution in [0.1, 0.15) is 5.56 Å². The summed E-state index contributed by atoms with van der Waals surface area (Å²) in [6.07, 6.45) is 4.65. The van der Waals surface area contributed by atoms with Gasteiger partial charge in [0.1, 0.15) is 0 Å². The number of rotatable bonds is 4. The lowest BCUT2D eigenvalue weighted by molar-refractivity contribution is 1.11. The normalized spacial score (nSPS) is 10.4. The molecule has 2 aromatic rings. The molecule has 0 saturated carbocycles. The average Bonchev–Trinajstić information content (AvgIpc) is 2.35. The third kappa shape index (κ3) is 3.65. The van der Waals surface area contributed by atoms with Crippen LogP contribution < -0.4 is 5.73 Å². The van der Waals surface area contributed by atoms with Crippen LogP contribution in [-0.4, -0.2) is 10.7 Å². The third-order valence-corrected chi connectivity index (χ3v) is 3.65. The third-order valence-electron chi connectivity index (χ3n) is 2.35. The molecule has 2 N–H and O–H groups in total. The molecule has 0 spiro atoms. The second kappa shape index (κ2) is 5.94. The molecule has 2 rings (SSSR count). The van der Waals surface area contributed by atoms with Gasteiger partial charge in [-0.2, -0.15) is 0 Å². The second-order valence-electron chi connectivity index (χ2n) is 3.64. The van der Waals surface area contributed by atoms with E-state index in [9.17, 15) is 0 Å². The van der Waals surface area contributed by atoms with Crippen molar-refractivity contribution < 1.29 is 0 Å². The lowest BCUT2D eigenvalue weighted by Gasteiger charge is -2.05. The van der Waals surface area contributed by atoms with Crippen LogP contribution in [-0.2, 0) is 6.42 Å². The molecule has 0 radical (unpaired) electrons. The fourth-order valence-electron chi connectivity index (χ4n) is 1.46. The number of pyridine rings is 1. The number of anilines is 1. The first-order valence-corrected chi connectivity index (χ1v) is 6.69. The van der Waals surface area contributed by atoms with Crippen molar-refractivity contribution in [3.63, 3.8) is 0 Å². The quantitative estimate of drug-likeness (QED) is 0.677. The van der Waals surface area contributed by atoms with Gasteiger partial charge in [0.25, 0.3) is 0 Å². The molecule has 1 heterocycles. The number of benzene rings is 1. The summed E-state index contributed by atoms with van der Waals surface area (Å²) in [7, 11) is 0. The first kappa shape index (κ1) is 12.3. The smallest absolute Gasteiger partial charge is 0.0453 e. The zero-order valence-electron chi connectivity index (χ0n) is 9.27. The van der Waals surface area contributed by atoms with E-state index in [4.69, 9.17) is 17.3 Å². The molecular formula is C13H13ClN2S. The minimum atomic E-state index is 0.725. The highest BCUT2D eigenvalue weighted by molar-refractivity contribution is 7.99. The molecule has 0 saturated heterocycles. The molecule has 1 aromatic carbocycles. The Morgan fingerprint density at radius 2 is 2.18 bits per heavy atom. The van der Waals surface area contributed by atoms with Gasteiger partial charge in [-0.25, -0.2) is 0 Å². The zero-order chi connectivity index (χ0) is 12.1. The van der Waals surface area contributed by atoms with Crippen molar-refractivity contribution in [3.05, 3.63) is 53.3 Å². The Balaban J connectivity index is 1.92. The largest absolute Gasteiger partial charge is 0.398 e. The number of thioether (sulfide) groups is 1. The van der Waals surface area contributed by atoms with Crippen LogP contribution in [0.4, 0.5) is 5.69 Å². The monoisotopic (exact) mass is 264 g/mol. The van der Waals surface area contributed by atoms with Gasteiger partial charge in [-0.3, -0.25) is 4.98 Å². The van der Waals surface area contributed by atoms with Crippen LogP contribution in [0.15, 0.2) is 47.6 Å². The van der Waals surface area contributed by atoms with E-state index in [0.29, 0.717) is 0 Å². The maximum Gasteiger partial charge on any atom is 0.0453 e. The van der Waals surface area contributed by atoms with E-state index < -0.39 is 0 Å². The number of aryl methyl sites for hydroxylation is 1. The number of aromatic nitrogens is 1. The topological polar surface area (TPSA) is 38.9 Å². The Labute approximate surface area is 110 Å². The maximum absolute atomic E-state index is 5.93. The molecule has 0 aliphatic carbocycles. The van der Waals surface area contributed by atoms with E-state index in [-0.39, 0.29) is 0 Å². The summed E-state index contributed by atoms with van der Waals surface area (Å²) in [6, 6.07) is 9.59. The summed E-state index contributed by atoms with van der Waals surface area (Å²) in [5.41, 5.74) is 7.90. The molecule has 0 amide bonds. The summed E-state index contributed by atoms with van der Waals surface area (Å²) in [5, 5.41) is 0.725. The van der Waals surface area contributed by atoms with Gasteiger partial charge in [-0.15, -0.1) is 11.8 Å². The molecule has 0 aliphatic heterocycles. The van der Waals surface area contributed by atoms with E-state index in [2.05, 4.69) is 11.1 Å². The van der Waals surface area contributed by atoms with Gasteiger partial charge in [0.05, 0.1) is 0 Å². The minimum Gasteiger partial charge on any atom is -0.398 e. The van der Waals surface area contributed by atoms with Crippen molar-refractivity contribution >= 4 is 29.1 Å². The summed E-state index contributed by atoms with van der Waals surface area (Å²) in [6.45, 7) is 0. The first-order valence-electron chi connectivity index (χ1n) is 5.32. The summed E-state index contributed by atoms with van der Waals surface area (Å²) < 4.78 is 0. The van der Waals surface area contributed by atoms with Crippen molar-refractivity contribution in [2.75, 3.05) is 11.5 Å². The van der Waals surface area contributed by atoms with Gasteiger partial charge in [-0.1, -0.05) is 17.7 Å². The molecule has 0 aliphatic rings. The highest BCUT2D eigenvalue weighted by atomic mass is 35.5. The predicted octanol–water partition coefficient (Wildman–Crippen LogP) is 3.65. The fraction of sp³-hybridized carbons (Fsp3) is 0.154. The van der Waals surface area contributed by atoms with Crippen LogP contribution in [0.25, 0.3) is 0 Å². The van der Waals surface area contributed by atoms with Crippen molar-refractivity contribution in [2.24, 2.45) is 0 Å². The Hall–Kier alpha value is -1.19. The van der Waals surface area contributed by atoms with Crippen LogP contribution in [0.3, 0.4) is 0 Å². The average molecular weight is 265 g/mol. The molecule has 4 heteroatoms. The standard InChI is InChI=1S/C13H13ClN2S/c14-11-3-4-12(15)13(8-11)17-7-5-10-2-1-6-16-9-10/h1-4,6,8-9H,5,7,15H2. The van der Waals surface area contributed by atoms with Gasteiger partial charge in [-0.05, 0) is 36.2 Å². The molecule has 17 heavy (non-hydrogen) atoms. The molecule has 0 atom stereocenters. The van der Waals surface area contributed by atoms with Crippen LogP contribution >= 0.6 is 23.4 Å². The number of nitrogen functional groups attached to an aromatic ring is 1. The van der Waals surface area contributed by atoms with E-state index in [1.165, 1.54) is 5.56 Å². The van der Waals surface area contributed by atoms with E-state index in [0.717, 1.165) is 27.8 Å². The van der Waals surface area contributed by atoms with Gasteiger partial charge >= 0.3 is 0 Å². The molecule has 0 bridgehead atoms. The predicted molar refractivity (Wildman–Crippen MR) is 74.5 cm³/mol. The van der Waals surface area contributed by atoms with Crippen molar-refractivity contribution in [1.29, 1.82) is 0 Å². The molecular weight excluding hydrogens is 252 g/mol. The minimum absolute atomic E-state index is 0.725. The van der Waals surface area contributed by atoms with Crippen molar-refractivity contribution in [1.82, 2.24) is 4.98 Å². The number of nitrogens with two attached hydrogens (primary N) is 1. The molecule has 88 valence electrons. The van der Waals surface area contributed by atoms with Crippen molar-refractivity contribution in [3.8, 4) is 0 Å². The lowest BCUT2D eigenvalue weighted by Crippen LogP contribution is -1.92. The molecule has 2 nitrogen and oxygen atoms in total. The SMILES string of the molecule is Nc1ccc(Cl)cc1SCCc1cccnc1. The Bertz CT molecular complexity index is 488. The number of hydrogen-bond donors (Lipinski definition) is 1. The molecule has 0 unspecified atom stereocenters. The number of nitrogens with zero attached hydrogens (tertiary/aromatic N) is 1. The van der Waals surface area contributed by atoms with E-state index >= 15 is 0 Å². The fourth-order valence-corrected chi connectivity index (χ4v) is 2.70. The number of halogens is 1. The molecule has 1 aromatic heterocycles. The lowest BCUT2D eigenvalue weighted by atomic mass is 10.2. The summed E-state index contributed by atoms with van der Waals surface area (Å²) >= 11 is 7.65. The Kier molecular flexibility index (Phi) is 4.29. The van der Waals surface area contributed by atoms with Crippen LogP contribution in [0.2, 0.25) is 5.02 Å². The van der Waals surface area contributed by atoms with Gasteiger partial charge in [0.15, 0.2) is 0 Å². The number of hydrogen-bond acceptors (Lipinski definition) is 3. The second-order valence-corrected chi connectivity index (χ2v) is 5.22. The Morgan fingerprint density at radius 1 is 1.29 bits per heavy atom. The first-order chi connectivity index (χ1) is 8.25. The highest BCUT2D eigenvalue weighted by Gasteiger charge is 2.01. The maximum atomic E-state index is 5.93. The Morgan fingerprint density at radius 3 is 2.94 bits per heavy atom. The van der Waals surface area contributed by atoms with Crippen LogP contribution in [0, 0.1) is 0 Å². The van der Waals surface area contributed by atoms with E-state index in [1.807, 2.05) is 30.5 Å². The van der Waals surface area contributed by atoms with Crippen molar-refractivity contribution in [2.45, 2.75) is 11.3 Å². The van der Waals surface area contributed by atoms with E-state index in [1.54, 1.807) is 18.0 Å². The molecule has 0 fully saturated rings. The summed E-state index contributed by atoms with van der Waals surface area (Å²) in [4.78, 5) is 5.13. The van der Waals surface area contributed by atoms with Gasteiger partial charge < -0.3 is 5.73 Å². The van der Waals surface area contributed by atoms with Gasteiger partial charge in [0.2, 0.25) is 0 Å².